The number of rotatable bonds is 5. The smallest absolute Gasteiger partial charge is 0.338 e. The van der Waals surface area contributed by atoms with E-state index in [4.69, 9.17) is 4.74 Å². The SMILES string of the molecule is CCn1c(=O)c(C)nc2cc(C(=O)O[C@H](C)C(=O)Nc3c(C)cccc3C)ccc21. The molecule has 156 valence electrons. The Morgan fingerprint density at radius 3 is 2.43 bits per heavy atom. The standard InChI is InChI=1S/C23H25N3O4/c1-6-26-19-11-10-17(12-18(19)24-15(4)22(26)28)23(29)30-16(5)21(27)25-20-13(2)8-7-9-14(20)3/h7-12,16H,6H2,1-5H3,(H,25,27)/t16-/m1/s1. The first kappa shape index (κ1) is 21.2. The van der Waals surface area contributed by atoms with Crippen LogP contribution in [0.1, 0.15) is 41.0 Å². The summed E-state index contributed by atoms with van der Waals surface area (Å²) in [6, 6.07) is 10.5. The lowest BCUT2D eigenvalue weighted by molar-refractivity contribution is -0.123. The van der Waals surface area contributed by atoms with Crippen molar-refractivity contribution in [1.29, 1.82) is 0 Å². The van der Waals surface area contributed by atoms with Gasteiger partial charge in [-0.3, -0.25) is 9.59 Å². The van der Waals surface area contributed by atoms with Crippen molar-refractivity contribution in [2.75, 3.05) is 5.32 Å². The number of amides is 1. The minimum atomic E-state index is -0.980. The van der Waals surface area contributed by atoms with Gasteiger partial charge in [0.15, 0.2) is 6.10 Å². The van der Waals surface area contributed by atoms with Crippen molar-refractivity contribution in [3.05, 3.63) is 69.1 Å². The Bertz CT molecular complexity index is 1180. The molecule has 0 saturated carbocycles. The maximum Gasteiger partial charge on any atom is 0.338 e. The number of fused-ring (bicyclic) bond motifs is 1. The topological polar surface area (TPSA) is 90.3 Å². The summed E-state index contributed by atoms with van der Waals surface area (Å²) in [7, 11) is 0. The molecule has 1 atom stereocenters. The summed E-state index contributed by atoms with van der Waals surface area (Å²) < 4.78 is 6.97. The molecule has 7 heteroatoms. The van der Waals surface area contributed by atoms with Crippen LogP contribution in [0.25, 0.3) is 11.0 Å². The van der Waals surface area contributed by atoms with Crippen molar-refractivity contribution in [2.24, 2.45) is 0 Å². The van der Waals surface area contributed by atoms with Crippen molar-refractivity contribution in [1.82, 2.24) is 9.55 Å². The van der Waals surface area contributed by atoms with Crippen LogP contribution in [0.3, 0.4) is 0 Å². The lowest BCUT2D eigenvalue weighted by atomic mass is 10.1. The fourth-order valence-corrected chi connectivity index (χ4v) is 3.33. The molecule has 0 fully saturated rings. The molecule has 2 aromatic carbocycles. The molecule has 3 rings (SSSR count). The van der Waals surface area contributed by atoms with Crippen molar-refractivity contribution < 1.29 is 14.3 Å². The van der Waals surface area contributed by atoms with Crippen molar-refractivity contribution in [3.8, 4) is 0 Å². The van der Waals surface area contributed by atoms with E-state index in [-0.39, 0.29) is 11.1 Å². The number of ether oxygens (including phenoxy) is 1. The molecule has 0 aliphatic carbocycles. The first-order chi connectivity index (χ1) is 14.2. The summed E-state index contributed by atoms with van der Waals surface area (Å²) in [5.74, 6) is -1.04. The first-order valence-electron chi connectivity index (χ1n) is 9.82. The highest BCUT2D eigenvalue weighted by Crippen LogP contribution is 2.20. The number of nitrogens with one attached hydrogen (secondary N) is 1. The van der Waals surface area contributed by atoms with Crippen LogP contribution in [0.15, 0.2) is 41.2 Å². The van der Waals surface area contributed by atoms with Crippen LogP contribution in [0, 0.1) is 20.8 Å². The number of benzene rings is 2. The van der Waals surface area contributed by atoms with E-state index in [1.807, 2.05) is 39.0 Å². The quantitative estimate of drug-likeness (QED) is 0.654. The van der Waals surface area contributed by atoms with E-state index < -0.39 is 18.0 Å². The molecule has 3 aromatic rings. The largest absolute Gasteiger partial charge is 0.449 e. The normalized spacial score (nSPS) is 11.9. The Kier molecular flexibility index (Phi) is 6.01. The molecule has 1 amide bonds. The number of hydrogen-bond donors (Lipinski definition) is 1. The minimum Gasteiger partial charge on any atom is -0.449 e. The summed E-state index contributed by atoms with van der Waals surface area (Å²) in [4.78, 5) is 41.6. The van der Waals surface area contributed by atoms with Gasteiger partial charge in [0.2, 0.25) is 0 Å². The van der Waals surface area contributed by atoms with Crippen molar-refractivity contribution in [2.45, 2.75) is 47.3 Å². The third-order valence-corrected chi connectivity index (χ3v) is 5.04. The second-order valence-electron chi connectivity index (χ2n) is 7.25. The first-order valence-corrected chi connectivity index (χ1v) is 9.82. The Balaban J connectivity index is 1.79. The zero-order valence-corrected chi connectivity index (χ0v) is 17.8. The highest BCUT2D eigenvalue weighted by molar-refractivity contribution is 5.99. The Hall–Kier alpha value is -3.48. The molecular weight excluding hydrogens is 382 g/mol. The predicted octanol–water partition coefficient (Wildman–Crippen LogP) is 3.53. The van der Waals surface area contributed by atoms with Crippen LogP contribution >= 0.6 is 0 Å². The molecule has 1 N–H and O–H groups in total. The van der Waals surface area contributed by atoms with Gasteiger partial charge in [0.25, 0.3) is 11.5 Å². The van der Waals surface area contributed by atoms with Crippen LogP contribution in [-0.2, 0) is 16.1 Å². The number of para-hydroxylation sites is 1. The molecule has 1 aromatic heterocycles. The molecule has 0 saturated heterocycles. The van der Waals surface area contributed by atoms with Crippen LogP contribution in [-0.4, -0.2) is 27.5 Å². The minimum absolute atomic E-state index is 0.155. The van der Waals surface area contributed by atoms with Gasteiger partial charge in [-0.2, -0.15) is 0 Å². The number of nitrogens with zero attached hydrogens (tertiary/aromatic N) is 2. The highest BCUT2D eigenvalue weighted by Gasteiger charge is 2.21. The zero-order chi connectivity index (χ0) is 22.0. The number of hydrogen-bond acceptors (Lipinski definition) is 5. The average Bonchev–Trinajstić information content (AvgIpc) is 2.71. The molecule has 0 bridgehead atoms. The molecule has 0 aliphatic rings. The maximum absolute atomic E-state index is 12.6. The molecule has 0 aliphatic heterocycles. The molecule has 7 nitrogen and oxygen atoms in total. The Morgan fingerprint density at radius 2 is 1.80 bits per heavy atom. The zero-order valence-electron chi connectivity index (χ0n) is 17.8. The van der Waals surface area contributed by atoms with E-state index in [9.17, 15) is 14.4 Å². The molecular formula is C23H25N3O4. The summed E-state index contributed by atoms with van der Waals surface area (Å²) in [6.07, 6.45) is -0.980. The Morgan fingerprint density at radius 1 is 1.13 bits per heavy atom. The molecule has 30 heavy (non-hydrogen) atoms. The van der Waals surface area contributed by atoms with Crippen LogP contribution < -0.4 is 10.9 Å². The Labute approximate surface area is 174 Å². The number of aromatic nitrogens is 2. The second-order valence-corrected chi connectivity index (χ2v) is 7.25. The fourth-order valence-electron chi connectivity index (χ4n) is 3.33. The number of carbonyl (C=O) groups is 2. The lowest BCUT2D eigenvalue weighted by Crippen LogP contribution is -2.30. The number of anilines is 1. The lowest BCUT2D eigenvalue weighted by Gasteiger charge is -2.16. The maximum atomic E-state index is 12.6. The van der Waals surface area contributed by atoms with Gasteiger partial charge >= 0.3 is 5.97 Å². The van der Waals surface area contributed by atoms with Gasteiger partial charge in [-0.1, -0.05) is 18.2 Å². The molecule has 0 spiro atoms. The third kappa shape index (κ3) is 4.10. The van der Waals surface area contributed by atoms with Gasteiger partial charge in [0.05, 0.1) is 16.6 Å². The average molecular weight is 407 g/mol. The second kappa shape index (κ2) is 8.49. The summed E-state index contributed by atoms with van der Waals surface area (Å²) >= 11 is 0. The fraction of sp³-hybridized carbons (Fsp3) is 0.304. The number of aryl methyl sites for hydroxylation is 4. The molecule has 0 radical (unpaired) electrons. The van der Waals surface area contributed by atoms with Crippen LogP contribution in [0.4, 0.5) is 5.69 Å². The van der Waals surface area contributed by atoms with Gasteiger partial charge < -0.3 is 14.6 Å². The van der Waals surface area contributed by atoms with Crippen molar-refractivity contribution in [3.63, 3.8) is 0 Å². The van der Waals surface area contributed by atoms with Gasteiger partial charge in [-0.25, -0.2) is 9.78 Å². The molecule has 0 unspecified atom stereocenters. The van der Waals surface area contributed by atoms with E-state index in [1.54, 1.807) is 29.7 Å². The number of carbonyl (C=O) groups excluding carboxylic acids is 2. The van der Waals surface area contributed by atoms with Gasteiger partial charge in [0.1, 0.15) is 5.69 Å². The predicted molar refractivity (Wildman–Crippen MR) is 116 cm³/mol. The summed E-state index contributed by atoms with van der Waals surface area (Å²) in [5, 5.41) is 2.83. The monoisotopic (exact) mass is 407 g/mol. The van der Waals surface area contributed by atoms with Gasteiger partial charge in [-0.05, 0) is 63.9 Å². The van der Waals surface area contributed by atoms with Gasteiger partial charge in [-0.15, -0.1) is 0 Å². The van der Waals surface area contributed by atoms with E-state index in [1.165, 1.54) is 6.92 Å². The van der Waals surface area contributed by atoms with Crippen molar-refractivity contribution >= 4 is 28.6 Å². The van der Waals surface area contributed by atoms with E-state index in [0.29, 0.717) is 29.0 Å². The van der Waals surface area contributed by atoms with Gasteiger partial charge in [0, 0.05) is 12.2 Å². The molecule has 1 heterocycles. The summed E-state index contributed by atoms with van der Waals surface area (Å²) in [5.41, 5.74) is 4.21. The van der Waals surface area contributed by atoms with E-state index in [0.717, 1.165) is 11.1 Å². The summed E-state index contributed by atoms with van der Waals surface area (Å²) in [6.45, 7) is 9.34. The van der Waals surface area contributed by atoms with E-state index in [2.05, 4.69) is 10.3 Å². The van der Waals surface area contributed by atoms with E-state index >= 15 is 0 Å². The number of esters is 1. The third-order valence-electron chi connectivity index (χ3n) is 5.04. The van der Waals surface area contributed by atoms with Crippen LogP contribution in [0.2, 0.25) is 0 Å². The van der Waals surface area contributed by atoms with Crippen LogP contribution in [0.5, 0.6) is 0 Å². The highest BCUT2D eigenvalue weighted by atomic mass is 16.5.